The zero-order valence-corrected chi connectivity index (χ0v) is 19.4. The normalized spacial score (nSPS) is 30.0. The average Bonchev–Trinajstić information content (AvgIpc) is 3.19. The van der Waals surface area contributed by atoms with E-state index in [-0.39, 0.29) is 6.54 Å². The van der Waals surface area contributed by atoms with Gasteiger partial charge in [0, 0.05) is 18.5 Å². The third-order valence-electron chi connectivity index (χ3n) is 7.26. The van der Waals surface area contributed by atoms with E-state index in [0.29, 0.717) is 5.56 Å². The summed E-state index contributed by atoms with van der Waals surface area (Å²) in [6.45, 7) is 12.1. The molecule has 1 aromatic rings. The standard InChI is InChI=1S/C22H35F2N3O4/c1-19(2,3)31-18(30)27-12-22(23,24)8-14(27)11-26-10-13(9-25-26)15-16(28)20(4,5)21(6,7)17(15)29/h9-10,14-17,28-29H,8,11-12H2,1-7H3/t14-,16-,17-/m0/s1. The molecule has 1 amide bonds. The van der Waals surface area contributed by atoms with Gasteiger partial charge in [-0.25, -0.2) is 13.6 Å². The van der Waals surface area contributed by atoms with Gasteiger partial charge in [0.25, 0.3) is 5.92 Å². The first-order chi connectivity index (χ1) is 14.0. The molecule has 1 aromatic heterocycles. The molecule has 3 rings (SSSR count). The molecular weight excluding hydrogens is 408 g/mol. The number of amides is 1. The molecule has 0 spiro atoms. The molecule has 1 saturated carbocycles. The first-order valence-corrected chi connectivity index (χ1v) is 10.7. The molecular formula is C22H35F2N3O4. The minimum atomic E-state index is -3.00. The van der Waals surface area contributed by atoms with Crippen LogP contribution >= 0.6 is 0 Å². The molecule has 3 atom stereocenters. The second-order valence-electron chi connectivity index (χ2n) is 11.2. The number of aliphatic hydroxyl groups is 2. The van der Waals surface area contributed by atoms with Crippen molar-refractivity contribution in [1.82, 2.24) is 14.7 Å². The summed E-state index contributed by atoms with van der Waals surface area (Å²) in [4.78, 5) is 13.5. The van der Waals surface area contributed by atoms with E-state index in [1.54, 1.807) is 33.2 Å². The van der Waals surface area contributed by atoms with Gasteiger partial charge >= 0.3 is 6.09 Å². The lowest BCUT2D eigenvalue weighted by atomic mass is 9.69. The maximum atomic E-state index is 14.1. The van der Waals surface area contributed by atoms with Crippen molar-refractivity contribution in [2.75, 3.05) is 6.54 Å². The van der Waals surface area contributed by atoms with Crippen molar-refractivity contribution in [3.8, 4) is 0 Å². The van der Waals surface area contributed by atoms with Gasteiger partial charge in [-0.15, -0.1) is 0 Å². The van der Waals surface area contributed by atoms with Crippen LogP contribution in [0.15, 0.2) is 12.4 Å². The second-order valence-corrected chi connectivity index (χ2v) is 11.2. The molecule has 7 nitrogen and oxygen atoms in total. The number of aromatic nitrogens is 2. The first-order valence-electron chi connectivity index (χ1n) is 10.7. The highest BCUT2D eigenvalue weighted by Gasteiger charge is 2.60. The summed E-state index contributed by atoms with van der Waals surface area (Å²) in [5, 5.41) is 26.1. The highest BCUT2D eigenvalue weighted by Crippen LogP contribution is 2.57. The molecule has 0 radical (unpaired) electrons. The summed E-state index contributed by atoms with van der Waals surface area (Å²) >= 11 is 0. The number of likely N-dealkylation sites (tertiary alicyclic amines) is 1. The SMILES string of the molecule is CC(C)(C)OC(=O)N1CC(F)(F)C[C@H]1Cn1cc(C2[C@H](O)C(C)(C)C(C)(C)[C@H]2O)cn1. The van der Waals surface area contributed by atoms with Crippen molar-refractivity contribution in [3.05, 3.63) is 18.0 Å². The van der Waals surface area contributed by atoms with Gasteiger partial charge in [0.2, 0.25) is 0 Å². The Morgan fingerprint density at radius 1 is 1.19 bits per heavy atom. The van der Waals surface area contributed by atoms with Crippen LogP contribution < -0.4 is 0 Å². The topological polar surface area (TPSA) is 87.8 Å². The second kappa shape index (κ2) is 7.40. The van der Waals surface area contributed by atoms with Gasteiger partial charge in [-0.2, -0.15) is 5.10 Å². The number of ether oxygens (including phenoxy) is 1. The molecule has 2 N–H and O–H groups in total. The number of aliphatic hydroxyl groups excluding tert-OH is 2. The summed E-state index contributed by atoms with van der Waals surface area (Å²) < 4.78 is 35.0. The van der Waals surface area contributed by atoms with Crippen LogP contribution in [0.5, 0.6) is 0 Å². The van der Waals surface area contributed by atoms with Crippen molar-refractivity contribution < 1.29 is 28.5 Å². The monoisotopic (exact) mass is 443 g/mol. The number of carbonyl (C=O) groups is 1. The molecule has 176 valence electrons. The van der Waals surface area contributed by atoms with E-state index in [2.05, 4.69) is 5.10 Å². The number of hydrogen-bond donors (Lipinski definition) is 2. The lowest BCUT2D eigenvalue weighted by molar-refractivity contribution is -0.00955. The Balaban J connectivity index is 1.79. The van der Waals surface area contributed by atoms with Crippen LogP contribution in [0.2, 0.25) is 0 Å². The van der Waals surface area contributed by atoms with Gasteiger partial charge in [0.15, 0.2) is 0 Å². The summed E-state index contributed by atoms with van der Waals surface area (Å²) in [7, 11) is 0. The van der Waals surface area contributed by atoms with E-state index < -0.39 is 65.6 Å². The van der Waals surface area contributed by atoms with Crippen LogP contribution in [0.1, 0.15) is 66.4 Å². The smallest absolute Gasteiger partial charge is 0.410 e. The van der Waals surface area contributed by atoms with E-state index in [1.807, 2.05) is 27.7 Å². The quantitative estimate of drug-likeness (QED) is 0.748. The Morgan fingerprint density at radius 2 is 1.74 bits per heavy atom. The highest BCUT2D eigenvalue weighted by molar-refractivity contribution is 5.69. The van der Waals surface area contributed by atoms with Crippen molar-refractivity contribution in [2.45, 2.75) is 97.1 Å². The summed E-state index contributed by atoms with van der Waals surface area (Å²) in [6.07, 6.45) is 0.397. The highest BCUT2D eigenvalue weighted by atomic mass is 19.3. The molecule has 1 aliphatic carbocycles. The summed E-state index contributed by atoms with van der Waals surface area (Å²) in [6, 6.07) is -0.774. The third-order valence-corrected chi connectivity index (χ3v) is 7.26. The molecule has 9 heteroatoms. The van der Waals surface area contributed by atoms with Gasteiger partial charge in [0.05, 0.1) is 37.5 Å². The Bertz CT molecular complexity index is 811. The van der Waals surface area contributed by atoms with E-state index in [1.165, 1.54) is 4.68 Å². The minimum absolute atomic E-state index is 0.0700. The summed E-state index contributed by atoms with van der Waals surface area (Å²) in [5.41, 5.74) is -1.19. The van der Waals surface area contributed by atoms with Crippen LogP contribution in [0.25, 0.3) is 0 Å². The van der Waals surface area contributed by atoms with E-state index in [9.17, 15) is 23.8 Å². The number of carbonyl (C=O) groups excluding carboxylic acids is 1. The molecule has 2 aliphatic rings. The van der Waals surface area contributed by atoms with Crippen LogP contribution in [-0.4, -0.2) is 67.3 Å². The Labute approximate surface area is 182 Å². The van der Waals surface area contributed by atoms with Gasteiger partial charge in [-0.1, -0.05) is 27.7 Å². The lowest BCUT2D eigenvalue weighted by Gasteiger charge is -2.38. The van der Waals surface area contributed by atoms with Gasteiger partial charge in [0.1, 0.15) is 5.60 Å². The minimum Gasteiger partial charge on any atom is -0.444 e. The fraction of sp³-hybridized carbons (Fsp3) is 0.818. The Hall–Kier alpha value is -1.74. The van der Waals surface area contributed by atoms with Crippen LogP contribution in [-0.2, 0) is 11.3 Å². The lowest BCUT2D eigenvalue weighted by Crippen LogP contribution is -2.42. The fourth-order valence-corrected chi connectivity index (χ4v) is 4.66. The number of rotatable bonds is 3. The maximum Gasteiger partial charge on any atom is 0.410 e. The van der Waals surface area contributed by atoms with Crippen LogP contribution in [0.3, 0.4) is 0 Å². The van der Waals surface area contributed by atoms with Gasteiger partial charge in [-0.05, 0) is 37.2 Å². The molecule has 0 aromatic carbocycles. The van der Waals surface area contributed by atoms with Crippen molar-refractivity contribution >= 4 is 6.09 Å². The van der Waals surface area contributed by atoms with E-state index in [0.717, 1.165) is 4.90 Å². The molecule has 1 saturated heterocycles. The zero-order valence-electron chi connectivity index (χ0n) is 19.4. The van der Waals surface area contributed by atoms with Crippen molar-refractivity contribution in [2.24, 2.45) is 10.8 Å². The third kappa shape index (κ3) is 4.31. The number of hydrogen-bond acceptors (Lipinski definition) is 5. The van der Waals surface area contributed by atoms with Crippen molar-refractivity contribution in [1.29, 1.82) is 0 Å². The average molecular weight is 444 g/mol. The number of halogens is 2. The molecule has 0 bridgehead atoms. The van der Waals surface area contributed by atoms with E-state index in [4.69, 9.17) is 4.74 Å². The number of alkyl halides is 2. The largest absolute Gasteiger partial charge is 0.444 e. The van der Waals surface area contributed by atoms with Crippen LogP contribution in [0, 0.1) is 10.8 Å². The predicted molar refractivity (Wildman–Crippen MR) is 111 cm³/mol. The number of nitrogens with zero attached hydrogens (tertiary/aromatic N) is 3. The molecule has 0 unspecified atom stereocenters. The molecule has 1 aliphatic heterocycles. The summed E-state index contributed by atoms with van der Waals surface area (Å²) in [5.74, 6) is -3.53. The zero-order chi connectivity index (χ0) is 23.6. The van der Waals surface area contributed by atoms with E-state index >= 15 is 0 Å². The first kappa shape index (κ1) is 23.9. The molecule has 2 heterocycles. The fourth-order valence-electron chi connectivity index (χ4n) is 4.66. The van der Waals surface area contributed by atoms with Gasteiger partial charge in [-0.3, -0.25) is 9.58 Å². The maximum absolute atomic E-state index is 14.1. The predicted octanol–water partition coefficient (Wildman–Crippen LogP) is 3.40. The Kier molecular flexibility index (Phi) is 5.71. The van der Waals surface area contributed by atoms with Gasteiger partial charge < -0.3 is 14.9 Å². The van der Waals surface area contributed by atoms with Crippen molar-refractivity contribution in [3.63, 3.8) is 0 Å². The molecule has 31 heavy (non-hydrogen) atoms. The molecule has 2 fully saturated rings. The Morgan fingerprint density at radius 3 is 2.26 bits per heavy atom. The van der Waals surface area contributed by atoms with Crippen LogP contribution in [0.4, 0.5) is 13.6 Å².